The number of carbonyl (C=O) groups is 3. The van der Waals surface area contributed by atoms with Crippen LogP contribution in [0.3, 0.4) is 0 Å². The fraction of sp³-hybridized carbons (Fsp3) is 0.550. The number of ether oxygens (including phenoxy) is 1. The first-order valence-corrected chi connectivity index (χ1v) is 10.0. The van der Waals surface area contributed by atoms with Crippen LogP contribution in [0.25, 0.3) is 0 Å². The summed E-state index contributed by atoms with van der Waals surface area (Å²) < 4.78 is 5.37. The third kappa shape index (κ3) is 8.29. The van der Waals surface area contributed by atoms with Crippen molar-refractivity contribution in [2.24, 2.45) is 0 Å². The summed E-state index contributed by atoms with van der Waals surface area (Å²) in [6, 6.07) is 7.03. The second-order valence-electron chi connectivity index (χ2n) is 7.87. The van der Waals surface area contributed by atoms with E-state index in [1.807, 2.05) is 20.8 Å². The molecule has 1 saturated heterocycles. The van der Waals surface area contributed by atoms with Crippen molar-refractivity contribution in [3.63, 3.8) is 0 Å². The molecule has 1 aromatic rings. The third-order valence-electron chi connectivity index (χ3n) is 4.31. The zero-order valence-corrected chi connectivity index (χ0v) is 17.9. The summed E-state index contributed by atoms with van der Waals surface area (Å²) in [6.45, 7) is 9.29. The number of piperazine rings is 1. The maximum absolute atomic E-state index is 12.1. The maximum Gasteiger partial charge on any atom is 0.410 e. The molecule has 1 heterocycles. The van der Waals surface area contributed by atoms with Crippen LogP contribution in [-0.4, -0.2) is 72.6 Å². The molecule has 1 aromatic carbocycles. The minimum absolute atomic E-state index is 0.260. The Labute approximate surface area is 176 Å². The molecule has 0 saturated carbocycles. The van der Waals surface area contributed by atoms with Gasteiger partial charge in [0.1, 0.15) is 5.60 Å². The van der Waals surface area contributed by atoms with Crippen LogP contribution in [0.2, 0.25) is 5.02 Å². The fourth-order valence-corrected chi connectivity index (χ4v) is 2.88. The van der Waals surface area contributed by atoms with Gasteiger partial charge in [0.2, 0.25) is 0 Å². The first kappa shape index (κ1) is 23.0. The van der Waals surface area contributed by atoms with Gasteiger partial charge < -0.3 is 20.3 Å². The summed E-state index contributed by atoms with van der Waals surface area (Å²) >= 11 is 5.81. The largest absolute Gasteiger partial charge is 0.444 e. The van der Waals surface area contributed by atoms with E-state index in [0.717, 1.165) is 5.56 Å². The highest BCUT2D eigenvalue weighted by Gasteiger charge is 2.25. The van der Waals surface area contributed by atoms with Crippen molar-refractivity contribution in [3.8, 4) is 0 Å². The normalized spacial score (nSPS) is 15.0. The summed E-state index contributed by atoms with van der Waals surface area (Å²) in [7, 11) is 0. The molecular weight excluding hydrogens is 396 g/mol. The molecule has 1 aliphatic heterocycles. The first-order chi connectivity index (χ1) is 13.6. The van der Waals surface area contributed by atoms with Gasteiger partial charge in [0.25, 0.3) is 0 Å². The van der Waals surface area contributed by atoms with Crippen molar-refractivity contribution in [1.82, 2.24) is 20.4 Å². The number of nitrogens with one attached hydrogen (secondary N) is 2. The van der Waals surface area contributed by atoms with Crippen molar-refractivity contribution in [3.05, 3.63) is 34.9 Å². The molecule has 0 radical (unpaired) electrons. The van der Waals surface area contributed by atoms with Crippen molar-refractivity contribution < 1.29 is 19.1 Å². The second-order valence-corrected chi connectivity index (χ2v) is 8.31. The standard InChI is InChI=1S/C20H29ClN4O4/c1-20(2,3)29-19(28)25-12-10-24(11-13-25)9-8-22-17(26)18(27)23-14-15-4-6-16(21)7-5-15/h4-7H,8-14H2,1-3H3,(H,22,26)(H,23,27). The molecule has 0 atom stereocenters. The Bertz CT molecular complexity index is 710. The Hall–Kier alpha value is -2.32. The molecule has 9 heteroatoms. The summed E-state index contributed by atoms with van der Waals surface area (Å²) in [5.74, 6) is -1.33. The molecule has 0 spiro atoms. The van der Waals surface area contributed by atoms with E-state index in [-0.39, 0.29) is 12.6 Å². The van der Waals surface area contributed by atoms with E-state index in [1.54, 1.807) is 29.2 Å². The van der Waals surface area contributed by atoms with Gasteiger partial charge >= 0.3 is 17.9 Å². The molecule has 2 N–H and O–H groups in total. The molecule has 3 amide bonds. The lowest BCUT2D eigenvalue weighted by atomic mass is 10.2. The lowest BCUT2D eigenvalue weighted by molar-refractivity contribution is -0.139. The number of carbonyl (C=O) groups excluding carboxylic acids is 3. The predicted molar refractivity (Wildman–Crippen MR) is 111 cm³/mol. The van der Waals surface area contributed by atoms with Gasteiger partial charge in [0.15, 0.2) is 0 Å². The molecule has 2 rings (SSSR count). The van der Waals surface area contributed by atoms with Gasteiger partial charge in [0, 0.05) is 50.8 Å². The number of nitrogens with zero attached hydrogens (tertiary/aromatic N) is 2. The number of hydrogen-bond acceptors (Lipinski definition) is 5. The van der Waals surface area contributed by atoms with Gasteiger partial charge in [-0.3, -0.25) is 14.5 Å². The first-order valence-electron chi connectivity index (χ1n) is 9.65. The lowest BCUT2D eigenvalue weighted by Gasteiger charge is -2.35. The number of hydrogen-bond donors (Lipinski definition) is 2. The average Bonchev–Trinajstić information content (AvgIpc) is 2.66. The summed E-state index contributed by atoms with van der Waals surface area (Å²) in [6.07, 6.45) is -0.303. The Morgan fingerprint density at radius 2 is 1.59 bits per heavy atom. The quantitative estimate of drug-likeness (QED) is 0.701. The molecule has 0 aliphatic carbocycles. The van der Waals surface area contributed by atoms with E-state index in [2.05, 4.69) is 15.5 Å². The fourth-order valence-electron chi connectivity index (χ4n) is 2.75. The minimum Gasteiger partial charge on any atom is -0.444 e. The van der Waals surface area contributed by atoms with Crippen LogP contribution in [0.15, 0.2) is 24.3 Å². The highest BCUT2D eigenvalue weighted by Crippen LogP contribution is 2.12. The van der Waals surface area contributed by atoms with Gasteiger partial charge in [-0.1, -0.05) is 23.7 Å². The highest BCUT2D eigenvalue weighted by atomic mass is 35.5. The molecule has 0 bridgehead atoms. The predicted octanol–water partition coefficient (Wildman–Crippen LogP) is 1.63. The van der Waals surface area contributed by atoms with Crippen molar-refractivity contribution >= 4 is 29.5 Å². The van der Waals surface area contributed by atoms with E-state index in [0.29, 0.717) is 44.3 Å². The van der Waals surface area contributed by atoms with Crippen LogP contribution in [0.5, 0.6) is 0 Å². The zero-order valence-electron chi connectivity index (χ0n) is 17.2. The highest BCUT2D eigenvalue weighted by molar-refractivity contribution is 6.35. The van der Waals surface area contributed by atoms with Gasteiger partial charge in [-0.25, -0.2) is 4.79 Å². The number of halogens is 1. The van der Waals surface area contributed by atoms with E-state index in [4.69, 9.17) is 16.3 Å². The topological polar surface area (TPSA) is 91.0 Å². The smallest absolute Gasteiger partial charge is 0.410 e. The van der Waals surface area contributed by atoms with Crippen molar-refractivity contribution in [1.29, 1.82) is 0 Å². The number of amides is 3. The van der Waals surface area contributed by atoms with Gasteiger partial charge in [0.05, 0.1) is 0 Å². The second kappa shape index (κ2) is 10.5. The average molecular weight is 425 g/mol. The summed E-state index contributed by atoms with van der Waals surface area (Å²) in [5.41, 5.74) is 0.352. The van der Waals surface area contributed by atoms with Gasteiger partial charge in [-0.2, -0.15) is 0 Å². The summed E-state index contributed by atoms with van der Waals surface area (Å²) in [4.78, 5) is 39.7. The molecule has 1 fully saturated rings. The molecule has 0 aromatic heterocycles. The van der Waals surface area contributed by atoms with E-state index in [9.17, 15) is 14.4 Å². The maximum atomic E-state index is 12.1. The van der Waals surface area contributed by atoms with Crippen LogP contribution in [0.1, 0.15) is 26.3 Å². The number of rotatable bonds is 5. The lowest BCUT2D eigenvalue weighted by Crippen LogP contribution is -2.51. The molecule has 0 unspecified atom stereocenters. The van der Waals surface area contributed by atoms with Crippen LogP contribution in [0.4, 0.5) is 4.79 Å². The monoisotopic (exact) mass is 424 g/mol. The molecule has 1 aliphatic rings. The Kier molecular flexibility index (Phi) is 8.28. The van der Waals surface area contributed by atoms with Crippen molar-refractivity contribution in [2.75, 3.05) is 39.3 Å². The Balaban J connectivity index is 1.62. The zero-order chi connectivity index (χ0) is 21.4. The van der Waals surface area contributed by atoms with Crippen LogP contribution >= 0.6 is 11.6 Å². The molecule has 160 valence electrons. The SMILES string of the molecule is CC(C)(C)OC(=O)N1CCN(CCNC(=O)C(=O)NCc2ccc(Cl)cc2)CC1. The van der Waals surface area contributed by atoms with E-state index in [1.165, 1.54) is 0 Å². The van der Waals surface area contributed by atoms with Crippen molar-refractivity contribution in [2.45, 2.75) is 32.9 Å². The van der Waals surface area contributed by atoms with Gasteiger partial charge in [-0.05, 0) is 38.5 Å². The van der Waals surface area contributed by atoms with Crippen LogP contribution < -0.4 is 10.6 Å². The summed E-state index contributed by atoms with van der Waals surface area (Å²) in [5, 5.41) is 5.81. The molecule has 29 heavy (non-hydrogen) atoms. The Morgan fingerprint density at radius 1 is 1.00 bits per heavy atom. The number of benzene rings is 1. The molecule has 8 nitrogen and oxygen atoms in total. The van der Waals surface area contributed by atoms with Crippen LogP contribution in [-0.2, 0) is 20.9 Å². The minimum atomic E-state index is -0.672. The van der Waals surface area contributed by atoms with Gasteiger partial charge in [-0.15, -0.1) is 0 Å². The van der Waals surface area contributed by atoms with E-state index >= 15 is 0 Å². The Morgan fingerprint density at radius 3 is 2.17 bits per heavy atom. The molecular formula is C20H29ClN4O4. The van der Waals surface area contributed by atoms with E-state index < -0.39 is 17.4 Å². The van der Waals surface area contributed by atoms with Crippen LogP contribution in [0, 0.1) is 0 Å². The third-order valence-corrected chi connectivity index (χ3v) is 4.56.